The molecule has 2 N–H and O–H groups in total. The van der Waals surface area contributed by atoms with Gasteiger partial charge in [-0.3, -0.25) is 4.79 Å². The zero-order valence-electron chi connectivity index (χ0n) is 12.4. The van der Waals surface area contributed by atoms with E-state index in [1.165, 1.54) is 18.9 Å². The number of fused-ring (bicyclic) bond motifs is 1. The lowest BCUT2D eigenvalue weighted by Crippen LogP contribution is -2.20. The average molecular weight is 320 g/mol. The van der Waals surface area contributed by atoms with Gasteiger partial charge in [0, 0.05) is 0 Å². The maximum atomic E-state index is 12.3. The number of carbonyl (C=O) groups excluding carboxylic acids is 1. The second-order valence-corrected chi connectivity index (χ2v) is 7.74. The van der Waals surface area contributed by atoms with Crippen LogP contribution in [0, 0.1) is 0 Å². The fourth-order valence-electron chi connectivity index (χ4n) is 3.24. The van der Waals surface area contributed by atoms with Crippen molar-refractivity contribution in [2.24, 2.45) is 5.73 Å². The Bertz CT molecular complexity index is 732. The Labute approximate surface area is 130 Å². The van der Waals surface area contributed by atoms with Gasteiger partial charge in [-0.15, -0.1) is 0 Å². The van der Waals surface area contributed by atoms with Crippen LogP contribution in [0.3, 0.4) is 0 Å². The van der Waals surface area contributed by atoms with Gasteiger partial charge in [0.1, 0.15) is 4.91 Å². The summed E-state index contributed by atoms with van der Waals surface area (Å²) in [6, 6.07) is 5.21. The molecule has 2 aliphatic rings. The highest BCUT2D eigenvalue weighted by Crippen LogP contribution is 2.35. The van der Waals surface area contributed by atoms with Crippen LogP contribution in [0.2, 0.25) is 0 Å². The van der Waals surface area contributed by atoms with Crippen LogP contribution < -0.4 is 5.73 Å². The van der Waals surface area contributed by atoms with Gasteiger partial charge in [-0.05, 0) is 68.6 Å². The minimum atomic E-state index is -3.73. The van der Waals surface area contributed by atoms with Gasteiger partial charge in [0.25, 0.3) is 5.91 Å². The summed E-state index contributed by atoms with van der Waals surface area (Å²) in [5.41, 5.74) is 6.80. The summed E-state index contributed by atoms with van der Waals surface area (Å²) in [6.07, 6.45) is 5.75. The molecule has 0 aromatic heterocycles. The molecule has 1 fully saturated rings. The Kier molecular flexibility index (Phi) is 4.06. The number of benzene rings is 1. The van der Waals surface area contributed by atoms with Crippen molar-refractivity contribution in [2.45, 2.75) is 30.6 Å². The molecule has 0 radical (unpaired) electrons. The Morgan fingerprint density at radius 1 is 1.23 bits per heavy atom. The maximum Gasteiger partial charge on any atom is 0.260 e. The third kappa shape index (κ3) is 2.68. The number of hydrogen-bond donors (Lipinski definition) is 1. The van der Waals surface area contributed by atoms with Gasteiger partial charge in [-0.25, -0.2) is 8.42 Å². The first-order valence-electron chi connectivity index (χ1n) is 7.61. The molecule has 1 aromatic carbocycles. The van der Waals surface area contributed by atoms with E-state index < -0.39 is 15.7 Å². The van der Waals surface area contributed by atoms with Crippen LogP contribution in [0.15, 0.2) is 28.0 Å². The molecule has 3 rings (SSSR count). The quantitative estimate of drug-likeness (QED) is 0.887. The lowest BCUT2D eigenvalue weighted by atomic mass is 10.0. The molecule has 1 aromatic rings. The van der Waals surface area contributed by atoms with Gasteiger partial charge >= 0.3 is 0 Å². The predicted molar refractivity (Wildman–Crippen MR) is 84.8 cm³/mol. The molecule has 5 nitrogen and oxygen atoms in total. The van der Waals surface area contributed by atoms with Gasteiger partial charge in [0.2, 0.25) is 9.84 Å². The number of amides is 1. The standard InChI is InChI=1S/C16H20N2O3S/c17-16(19)15-11-13-12(5-3-7-14(13)22(15,20)21)6-4-10-18-8-1-2-9-18/h3,5,7,11H,1-2,4,6,8-10H2,(H2,17,19). The number of rotatable bonds is 5. The first-order chi connectivity index (χ1) is 10.5. The van der Waals surface area contributed by atoms with E-state index in [9.17, 15) is 13.2 Å². The van der Waals surface area contributed by atoms with E-state index >= 15 is 0 Å². The van der Waals surface area contributed by atoms with E-state index in [0.717, 1.165) is 38.0 Å². The van der Waals surface area contributed by atoms with Crippen LogP contribution in [-0.4, -0.2) is 38.9 Å². The average Bonchev–Trinajstić information content (AvgIpc) is 3.06. The fourth-order valence-corrected chi connectivity index (χ4v) is 4.75. The molecule has 0 atom stereocenters. The molecule has 118 valence electrons. The molecule has 0 spiro atoms. The predicted octanol–water partition coefficient (Wildman–Crippen LogP) is 1.33. The number of hydrogen-bond acceptors (Lipinski definition) is 4. The van der Waals surface area contributed by atoms with E-state index in [-0.39, 0.29) is 9.80 Å². The van der Waals surface area contributed by atoms with E-state index in [1.54, 1.807) is 12.1 Å². The number of likely N-dealkylation sites (tertiary alicyclic amines) is 1. The third-order valence-electron chi connectivity index (χ3n) is 4.37. The molecule has 6 heteroatoms. The smallest absolute Gasteiger partial charge is 0.260 e. The number of carbonyl (C=O) groups is 1. The van der Waals surface area contributed by atoms with Crippen molar-refractivity contribution in [3.05, 3.63) is 34.2 Å². The normalized spacial score (nSPS) is 19.9. The molecular formula is C16H20N2O3S. The van der Waals surface area contributed by atoms with Gasteiger partial charge in [0.15, 0.2) is 0 Å². The highest BCUT2D eigenvalue weighted by Gasteiger charge is 2.34. The lowest BCUT2D eigenvalue weighted by Gasteiger charge is -2.14. The number of nitrogens with zero attached hydrogens (tertiary/aromatic N) is 1. The van der Waals surface area contributed by atoms with Crippen molar-refractivity contribution in [3.8, 4) is 0 Å². The van der Waals surface area contributed by atoms with Crippen LogP contribution in [0.1, 0.15) is 30.4 Å². The maximum absolute atomic E-state index is 12.3. The molecule has 0 unspecified atom stereocenters. The van der Waals surface area contributed by atoms with E-state index in [4.69, 9.17) is 5.73 Å². The second-order valence-electron chi connectivity index (χ2n) is 5.86. The third-order valence-corrected chi connectivity index (χ3v) is 6.21. The molecule has 2 heterocycles. The molecule has 0 saturated carbocycles. The number of sulfone groups is 1. The minimum absolute atomic E-state index is 0.208. The number of primary amides is 1. The highest BCUT2D eigenvalue weighted by molar-refractivity contribution is 7.96. The lowest BCUT2D eigenvalue weighted by molar-refractivity contribution is -0.113. The number of nitrogens with two attached hydrogens (primary N) is 1. The van der Waals surface area contributed by atoms with Crippen molar-refractivity contribution in [1.82, 2.24) is 4.90 Å². The van der Waals surface area contributed by atoms with Crippen LogP contribution >= 0.6 is 0 Å². The highest BCUT2D eigenvalue weighted by atomic mass is 32.2. The second kappa shape index (κ2) is 5.85. The molecule has 22 heavy (non-hydrogen) atoms. The van der Waals surface area contributed by atoms with Gasteiger partial charge in [-0.1, -0.05) is 12.1 Å². The summed E-state index contributed by atoms with van der Waals surface area (Å²) < 4.78 is 24.6. The van der Waals surface area contributed by atoms with Crippen molar-refractivity contribution >= 4 is 21.8 Å². The largest absolute Gasteiger partial charge is 0.365 e. The zero-order valence-corrected chi connectivity index (χ0v) is 13.2. The summed E-state index contributed by atoms with van der Waals surface area (Å²) in [7, 11) is -3.73. The van der Waals surface area contributed by atoms with Crippen LogP contribution in [0.25, 0.3) is 6.08 Å². The Morgan fingerprint density at radius 2 is 1.95 bits per heavy atom. The summed E-state index contributed by atoms with van der Waals surface area (Å²) in [4.78, 5) is 13.7. The van der Waals surface area contributed by atoms with Crippen molar-refractivity contribution in [3.63, 3.8) is 0 Å². The van der Waals surface area contributed by atoms with Gasteiger partial charge < -0.3 is 10.6 Å². The first-order valence-corrected chi connectivity index (χ1v) is 9.09. The molecular weight excluding hydrogens is 300 g/mol. The summed E-state index contributed by atoms with van der Waals surface area (Å²) >= 11 is 0. The molecule has 2 aliphatic heterocycles. The van der Waals surface area contributed by atoms with E-state index in [0.29, 0.717) is 5.56 Å². The van der Waals surface area contributed by atoms with Crippen molar-refractivity contribution < 1.29 is 13.2 Å². The van der Waals surface area contributed by atoms with E-state index in [2.05, 4.69) is 4.90 Å². The Balaban J connectivity index is 1.80. The molecule has 1 saturated heterocycles. The number of aryl methyl sites for hydroxylation is 1. The first kappa shape index (κ1) is 15.2. The van der Waals surface area contributed by atoms with E-state index in [1.807, 2.05) is 6.07 Å². The van der Waals surface area contributed by atoms with Gasteiger partial charge in [0.05, 0.1) is 4.90 Å². The molecule has 1 amide bonds. The minimum Gasteiger partial charge on any atom is -0.365 e. The zero-order chi connectivity index (χ0) is 15.7. The van der Waals surface area contributed by atoms with Gasteiger partial charge in [-0.2, -0.15) is 0 Å². The van der Waals surface area contributed by atoms with Crippen molar-refractivity contribution in [2.75, 3.05) is 19.6 Å². The Hall–Kier alpha value is -1.66. The fraction of sp³-hybridized carbons (Fsp3) is 0.438. The Morgan fingerprint density at radius 3 is 2.64 bits per heavy atom. The molecule has 0 bridgehead atoms. The summed E-state index contributed by atoms with van der Waals surface area (Å²) in [5.74, 6) is -0.890. The van der Waals surface area contributed by atoms with Crippen LogP contribution in [-0.2, 0) is 21.1 Å². The van der Waals surface area contributed by atoms with Crippen LogP contribution in [0.5, 0.6) is 0 Å². The van der Waals surface area contributed by atoms with Crippen molar-refractivity contribution in [1.29, 1.82) is 0 Å². The summed E-state index contributed by atoms with van der Waals surface area (Å²) in [5, 5.41) is 0. The molecule has 0 aliphatic carbocycles. The SMILES string of the molecule is NC(=O)C1=Cc2c(CCCN3CCCC3)cccc2S1(=O)=O. The summed E-state index contributed by atoms with van der Waals surface area (Å²) in [6.45, 7) is 3.35. The topological polar surface area (TPSA) is 80.5 Å². The van der Waals surface area contributed by atoms with Crippen LogP contribution in [0.4, 0.5) is 0 Å². The monoisotopic (exact) mass is 320 g/mol.